The number of aryl methyl sites for hydroxylation is 2. The van der Waals surface area contributed by atoms with E-state index in [1.165, 1.54) is 0 Å². The molecular weight excluding hydrogens is 276 g/mol. The number of hydrogen-bond acceptors (Lipinski definition) is 3. The quantitative estimate of drug-likeness (QED) is 0.745. The largest absolute Gasteiger partial charge is 0.505 e. The zero-order chi connectivity index (χ0) is 15.4. The molecule has 4 rings (SSSR count). The van der Waals surface area contributed by atoms with Gasteiger partial charge >= 0.3 is 0 Å². The van der Waals surface area contributed by atoms with Gasteiger partial charge in [-0.2, -0.15) is 0 Å². The van der Waals surface area contributed by atoms with E-state index in [2.05, 4.69) is 4.99 Å². The van der Waals surface area contributed by atoms with E-state index in [9.17, 15) is 9.90 Å². The molecular formula is C18H14N2O2. The number of aromatic nitrogens is 1. The van der Waals surface area contributed by atoms with E-state index in [0.29, 0.717) is 22.7 Å². The molecule has 4 heteroatoms. The predicted molar refractivity (Wildman–Crippen MR) is 86.3 cm³/mol. The molecule has 1 aliphatic rings. The number of benzene rings is 2. The maximum absolute atomic E-state index is 12.6. The standard InChI is InChI=1S/C18H14N2O2/c1-10-6-5-9-13-14(10)18(22)16(20(13)2)15-17(21)11-7-3-4-8-12(11)19-15/h3-9,22H,1-2H3. The summed E-state index contributed by atoms with van der Waals surface area (Å²) in [5, 5.41) is 11.4. The maximum Gasteiger partial charge on any atom is 0.215 e. The van der Waals surface area contributed by atoms with Crippen LogP contribution in [0.15, 0.2) is 47.5 Å². The Kier molecular flexibility index (Phi) is 2.51. The SMILES string of the molecule is Cc1cccc2c1c(O)c(C1=Nc3ccccc3C1=O)n2C. The maximum atomic E-state index is 12.6. The van der Waals surface area contributed by atoms with E-state index in [0.717, 1.165) is 16.5 Å². The van der Waals surface area contributed by atoms with Crippen LogP contribution in [0, 0.1) is 6.92 Å². The van der Waals surface area contributed by atoms with Crippen molar-refractivity contribution in [1.82, 2.24) is 4.57 Å². The number of Topliss-reactive ketones (excluding diaryl/α,β-unsaturated/α-hetero) is 1. The van der Waals surface area contributed by atoms with Crippen LogP contribution in [-0.4, -0.2) is 21.2 Å². The zero-order valence-electron chi connectivity index (χ0n) is 12.3. The second-order valence-corrected chi connectivity index (χ2v) is 5.53. The first-order chi connectivity index (χ1) is 10.6. The fraction of sp³-hybridized carbons (Fsp3) is 0.111. The number of carbonyl (C=O) groups excluding carboxylic acids is 1. The van der Waals surface area contributed by atoms with Gasteiger partial charge in [0.05, 0.1) is 11.2 Å². The number of ketones is 1. The van der Waals surface area contributed by atoms with E-state index in [1.54, 1.807) is 6.07 Å². The Balaban J connectivity index is 2.02. The third-order valence-corrected chi connectivity index (χ3v) is 4.23. The lowest BCUT2D eigenvalue weighted by atomic mass is 10.1. The molecule has 0 saturated heterocycles. The number of aliphatic imine (C=N–C) groups is 1. The van der Waals surface area contributed by atoms with Crippen LogP contribution in [-0.2, 0) is 7.05 Å². The third kappa shape index (κ3) is 1.52. The fourth-order valence-corrected chi connectivity index (χ4v) is 3.13. The van der Waals surface area contributed by atoms with Gasteiger partial charge in [-0.3, -0.25) is 4.79 Å². The van der Waals surface area contributed by atoms with Crippen molar-refractivity contribution in [2.24, 2.45) is 12.0 Å². The normalized spacial score (nSPS) is 13.5. The Morgan fingerprint density at radius 3 is 2.59 bits per heavy atom. The Bertz CT molecular complexity index is 980. The molecule has 0 fully saturated rings. The van der Waals surface area contributed by atoms with Crippen molar-refractivity contribution < 1.29 is 9.90 Å². The minimum absolute atomic E-state index is 0.121. The highest BCUT2D eigenvalue weighted by molar-refractivity contribution is 6.55. The minimum Gasteiger partial charge on any atom is -0.505 e. The molecule has 1 N–H and O–H groups in total. The summed E-state index contributed by atoms with van der Waals surface area (Å²) in [7, 11) is 1.84. The molecule has 0 aliphatic carbocycles. The summed E-state index contributed by atoms with van der Waals surface area (Å²) in [4.78, 5) is 17.0. The molecule has 4 nitrogen and oxygen atoms in total. The number of nitrogens with zero attached hydrogens (tertiary/aromatic N) is 2. The summed E-state index contributed by atoms with van der Waals surface area (Å²) < 4.78 is 1.83. The molecule has 0 unspecified atom stereocenters. The number of carbonyl (C=O) groups is 1. The molecule has 3 aromatic rings. The topological polar surface area (TPSA) is 54.6 Å². The smallest absolute Gasteiger partial charge is 0.215 e. The predicted octanol–water partition coefficient (Wildman–Crippen LogP) is 3.51. The molecule has 1 aromatic heterocycles. The molecule has 2 aromatic carbocycles. The Morgan fingerprint density at radius 1 is 1.09 bits per heavy atom. The lowest BCUT2D eigenvalue weighted by molar-refractivity contribution is 0.106. The van der Waals surface area contributed by atoms with E-state index in [1.807, 2.05) is 54.9 Å². The lowest BCUT2D eigenvalue weighted by Crippen LogP contribution is -2.14. The van der Waals surface area contributed by atoms with Crippen LogP contribution in [0.1, 0.15) is 21.6 Å². The van der Waals surface area contributed by atoms with E-state index in [4.69, 9.17) is 0 Å². The fourth-order valence-electron chi connectivity index (χ4n) is 3.13. The van der Waals surface area contributed by atoms with Crippen molar-refractivity contribution >= 4 is 28.1 Å². The molecule has 22 heavy (non-hydrogen) atoms. The molecule has 0 spiro atoms. The van der Waals surface area contributed by atoms with Gasteiger partial charge in [0.15, 0.2) is 5.75 Å². The molecule has 1 aliphatic heterocycles. The Morgan fingerprint density at radius 2 is 1.86 bits per heavy atom. The van der Waals surface area contributed by atoms with Gasteiger partial charge in [-0.15, -0.1) is 0 Å². The number of hydrogen-bond donors (Lipinski definition) is 1. The van der Waals surface area contributed by atoms with Gasteiger partial charge < -0.3 is 9.67 Å². The molecule has 0 atom stereocenters. The molecule has 0 saturated carbocycles. The minimum atomic E-state index is -0.144. The summed E-state index contributed by atoms with van der Waals surface area (Å²) in [6, 6.07) is 13.1. The van der Waals surface area contributed by atoms with Crippen LogP contribution in [0.5, 0.6) is 5.75 Å². The van der Waals surface area contributed by atoms with Gasteiger partial charge in [0.25, 0.3) is 0 Å². The highest BCUT2D eigenvalue weighted by atomic mass is 16.3. The van der Waals surface area contributed by atoms with Gasteiger partial charge in [-0.25, -0.2) is 4.99 Å². The summed E-state index contributed by atoms with van der Waals surface area (Å²) in [5.74, 6) is -0.0232. The number of para-hydroxylation sites is 1. The average molecular weight is 290 g/mol. The third-order valence-electron chi connectivity index (χ3n) is 4.23. The van der Waals surface area contributed by atoms with Gasteiger partial charge in [0, 0.05) is 18.0 Å². The van der Waals surface area contributed by atoms with Crippen LogP contribution in [0.4, 0.5) is 5.69 Å². The number of rotatable bonds is 1. The number of aromatic hydroxyl groups is 1. The molecule has 0 amide bonds. The zero-order valence-corrected chi connectivity index (χ0v) is 12.3. The molecule has 0 radical (unpaired) electrons. The van der Waals surface area contributed by atoms with Gasteiger partial charge in [0.1, 0.15) is 11.4 Å². The summed E-state index contributed by atoms with van der Waals surface area (Å²) >= 11 is 0. The molecule has 0 bridgehead atoms. The van der Waals surface area contributed by atoms with E-state index < -0.39 is 0 Å². The second-order valence-electron chi connectivity index (χ2n) is 5.53. The first-order valence-corrected chi connectivity index (χ1v) is 7.09. The number of fused-ring (bicyclic) bond motifs is 2. The monoisotopic (exact) mass is 290 g/mol. The average Bonchev–Trinajstić information content (AvgIpc) is 2.96. The van der Waals surface area contributed by atoms with E-state index >= 15 is 0 Å². The molecule has 108 valence electrons. The van der Waals surface area contributed by atoms with Gasteiger partial charge in [-0.1, -0.05) is 24.3 Å². The molecule has 2 heterocycles. The van der Waals surface area contributed by atoms with Crippen molar-refractivity contribution in [2.45, 2.75) is 6.92 Å². The van der Waals surface area contributed by atoms with Crippen LogP contribution in [0.2, 0.25) is 0 Å². The highest BCUT2D eigenvalue weighted by Gasteiger charge is 2.31. The van der Waals surface area contributed by atoms with E-state index in [-0.39, 0.29) is 11.5 Å². The Labute approximate surface area is 127 Å². The van der Waals surface area contributed by atoms with Crippen molar-refractivity contribution in [3.05, 3.63) is 59.3 Å². The van der Waals surface area contributed by atoms with Crippen LogP contribution < -0.4 is 0 Å². The van der Waals surface area contributed by atoms with Crippen molar-refractivity contribution in [3.63, 3.8) is 0 Å². The lowest BCUT2D eigenvalue weighted by Gasteiger charge is -2.03. The summed E-state index contributed by atoms with van der Waals surface area (Å²) in [5.41, 5.74) is 3.88. The van der Waals surface area contributed by atoms with Crippen LogP contribution in [0.3, 0.4) is 0 Å². The summed E-state index contributed by atoms with van der Waals surface area (Å²) in [6.45, 7) is 1.94. The second kappa shape index (κ2) is 4.31. The van der Waals surface area contributed by atoms with Crippen LogP contribution in [0.25, 0.3) is 10.9 Å². The first kappa shape index (κ1) is 12.8. The van der Waals surface area contributed by atoms with Crippen molar-refractivity contribution in [3.8, 4) is 5.75 Å². The van der Waals surface area contributed by atoms with Gasteiger partial charge in [0.2, 0.25) is 5.78 Å². The summed E-state index contributed by atoms with van der Waals surface area (Å²) in [6.07, 6.45) is 0. The van der Waals surface area contributed by atoms with Gasteiger partial charge in [-0.05, 0) is 30.7 Å². The Hall–Kier alpha value is -2.88. The van der Waals surface area contributed by atoms with Crippen molar-refractivity contribution in [2.75, 3.05) is 0 Å². The first-order valence-electron chi connectivity index (χ1n) is 7.09. The highest BCUT2D eigenvalue weighted by Crippen LogP contribution is 2.37. The van der Waals surface area contributed by atoms with Crippen molar-refractivity contribution in [1.29, 1.82) is 0 Å². The van der Waals surface area contributed by atoms with Crippen LogP contribution >= 0.6 is 0 Å².